The summed E-state index contributed by atoms with van der Waals surface area (Å²) >= 11 is 0. The van der Waals surface area contributed by atoms with Crippen LogP contribution < -0.4 is 5.32 Å². The van der Waals surface area contributed by atoms with Crippen molar-refractivity contribution in [3.05, 3.63) is 35.5 Å². The van der Waals surface area contributed by atoms with Crippen LogP contribution in [0.15, 0.2) is 24.4 Å². The molecule has 0 amide bonds. The van der Waals surface area contributed by atoms with Crippen LogP contribution in [0.3, 0.4) is 0 Å². The SMILES string of the molecule is CNCCCc1cn(C)c2cccc(C)c12. The van der Waals surface area contributed by atoms with Gasteiger partial charge in [-0.3, -0.25) is 0 Å². The Kier molecular flexibility index (Phi) is 3.30. The fourth-order valence-electron chi connectivity index (χ4n) is 2.38. The summed E-state index contributed by atoms with van der Waals surface area (Å²) in [7, 11) is 4.14. The van der Waals surface area contributed by atoms with E-state index in [0.717, 1.165) is 13.0 Å². The first kappa shape index (κ1) is 11.2. The zero-order valence-corrected chi connectivity index (χ0v) is 10.4. The zero-order valence-electron chi connectivity index (χ0n) is 10.4. The van der Waals surface area contributed by atoms with E-state index in [1.54, 1.807) is 0 Å². The Hall–Kier alpha value is -1.28. The van der Waals surface area contributed by atoms with Gasteiger partial charge < -0.3 is 9.88 Å². The maximum atomic E-state index is 3.20. The average Bonchev–Trinajstić information content (AvgIpc) is 2.58. The summed E-state index contributed by atoms with van der Waals surface area (Å²) in [5, 5.41) is 4.65. The molecular formula is C14H20N2. The van der Waals surface area contributed by atoms with E-state index in [1.165, 1.54) is 28.5 Å². The molecule has 0 saturated carbocycles. The second-order valence-corrected chi connectivity index (χ2v) is 4.44. The molecule has 0 aliphatic heterocycles. The Bertz CT molecular complexity index is 483. The van der Waals surface area contributed by atoms with Gasteiger partial charge in [0.2, 0.25) is 0 Å². The van der Waals surface area contributed by atoms with Gasteiger partial charge in [0.1, 0.15) is 0 Å². The van der Waals surface area contributed by atoms with Crippen LogP contribution in [0, 0.1) is 6.92 Å². The van der Waals surface area contributed by atoms with Crippen LogP contribution >= 0.6 is 0 Å². The van der Waals surface area contributed by atoms with Crippen LogP contribution in [0.2, 0.25) is 0 Å². The number of nitrogens with one attached hydrogen (secondary N) is 1. The van der Waals surface area contributed by atoms with Crippen LogP contribution in [0.1, 0.15) is 17.5 Å². The maximum Gasteiger partial charge on any atom is 0.0483 e. The first-order valence-electron chi connectivity index (χ1n) is 5.92. The minimum atomic E-state index is 1.09. The molecule has 2 rings (SSSR count). The highest BCUT2D eigenvalue weighted by Gasteiger charge is 2.07. The molecule has 0 unspecified atom stereocenters. The molecule has 2 nitrogen and oxygen atoms in total. The van der Waals surface area contributed by atoms with Crippen molar-refractivity contribution in [2.45, 2.75) is 19.8 Å². The Balaban J connectivity index is 2.37. The van der Waals surface area contributed by atoms with Crippen LogP contribution in [0.25, 0.3) is 10.9 Å². The summed E-state index contributed by atoms with van der Waals surface area (Å²) in [5.41, 5.74) is 4.21. The lowest BCUT2D eigenvalue weighted by Crippen LogP contribution is -2.08. The molecule has 0 spiro atoms. The average molecular weight is 216 g/mol. The second kappa shape index (κ2) is 4.71. The van der Waals surface area contributed by atoms with Crippen molar-refractivity contribution in [2.75, 3.05) is 13.6 Å². The standard InChI is InChI=1S/C14H20N2/c1-11-6-4-8-13-14(11)12(10-16(13)3)7-5-9-15-2/h4,6,8,10,15H,5,7,9H2,1-3H3. The van der Waals surface area contributed by atoms with Crippen molar-refractivity contribution >= 4 is 10.9 Å². The Labute approximate surface area is 97.3 Å². The first-order valence-corrected chi connectivity index (χ1v) is 5.92. The summed E-state index contributed by atoms with van der Waals surface area (Å²) in [6.45, 7) is 3.28. The van der Waals surface area contributed by atoms with Gasteiger partial charge in [0, 0.05) is 24.1 Å². The van der Waals surface area contributed by atoms with E-state index in [2.05, 4.69) is 48.3 Å². The molecule has 2 heteroatoms. The topological polar surface area (TPSA) is 17.0 Å². The Morgan fingerprint density at radius 3 is 2.88 bits per heavy atom. The van der Waals surface area contributed by atoms with Crippen molar-refractivity contribution in [2.24, 2.45) is 7.05 Å². The van der Waals surface area contributed by atoms with E-state index in [-0.39, 0.29) is 0 Å². The molecule has 0 atom stereocenters. The van der Waals surface area contributed by atoms with E-state index in [0.29, 0.717) is 0 Å². The molecule has 86 valence electrons. The van der Waals surface area contributed by atoms with Gasteiger partial charge in [-0.05, 0) is 50.6 Å². The van der Waals surface area contributed by atoms with Gasteiger partial charge >= 0.3 is 0 Å². The van der Waals surface area contributed by atoms with E-state index in [9.17, 15) is 0 Å². The molecule has 0 saturated heterocycles. The van der Waals surface area contributed by atoms with Crippen LogP contribution in [-0.2, 0) is 13.5 Å². The first-order chi connectivity index (χ1) is 7.74. The third-order valence-electron chi connectivity index (χ3n) is 3.17. The molecule has 0 bridgehead atoms. The fraction of sp³-hybridized carbons (Fsp3) is 0.429. The van der Waals surface area contributed by atoms with Gasteiger partial charge in [-0.2, -0.15) is 0 Å². The lowest BCUT2D eigenvalue weighted by molar-refractivity contribution is 0.725. The second-order valence-electron chi connectivity index (χ2n) is 4.44. The Morgan fingerprint density at radius 1 is 1.31 bits per heavy atom. The highest BCUT2D eigenvalue weighted by molar-refractivity contribution is 5.87. The number of rotatable bonds is 4. The summed E-state index contributed by atoms with van der Waals surface area (Å²) in [5.74, 6) is 0. The summed E-state index contributed by atoms with van der Waals surface area (Å²) in [4.78, 5) is 0. The van der Waals surface area contributed by atoms with Crippen LogP contribution in [0.5, 0.6) is 0 Å². The summed E-state index contributed by atoms with van der Waals surface area (Å²) < 4.78 is 2.23. The normalized spacial score (nSPS) is 11.2. The monoisotopic (exact) mass is 216 g/mol. The van der Waals surface area contributed by atoms with E-state index >= 15 is 0 Å². The minimum absolute atomic E-state index is 1.09. The molecule has 16 heavy (non-hydrogen) atoms. The molecule has 2 aromatic rings. The molecule has 1 N–H and O–H groups in total. The van der Waals surface area contributed by atoms with Gasteiger partial charge in [0.05, 0.1) is 0 Å². The number of fused-ring (bicyclic) bond motifs is 1. The van der Waals surface area contributed by atoms with E-state index in [4.69, 9.17) is 0 Å². The van der Waals surface area contributed by atoms with Gasteiger partial charge in [-0.1, -0.05) is 12.1 Å². The van der Waals surface area contributed by atoms with Crippen LogP contribution in [0.4, 0.5) is 0 Å². The lowest BCUT2D eigenvalue weighted by atomic mass is 10.0. The molecule has 0 aliphatic carbocycles. The number of hydrogen-bond acceptors (Lipinski definition) is 1. The van der Waals surface area contributed by atoms with Crippen LogP contribution in [-0.4, -0.2) is 18.2 Å². The lowest BCUT2D eigenvalue weighted by Gasteiger charge is -2.02. The predicted molar refractivity (Wildman–Crippen MR) is 69.9 cm³/mol. The van der Waals surface area contributed by atoms with Gasteiger partial charge in [0.25, 0.3) is 0 Å². The summed E-state index contributed by atoms with van der Waals surface area (Å²) in [6, 6.07) is 6.53. The molecule has 0 fully saturated rings. The van der Waals surface area contributed by atoms with Gasteiger partial charge in [0.15, 0.2) is 0 Å². The van der Waals surface area contributed by atoms with Crippen molar-refractivity contribution in [1.29, 1.82) is 0 Å². The van der Waals surface area contributed by atoms with Crippen molar-refractivity contribution in [3.63, 3.8) is 0 Å². The zero-order chi connectivity index (χ0) is 11.5. The molecule has 1 aromatic carbocycles. The smallest absolute Gasteiger partial charge is 0.0483 e. The van der Waals surface area contributed by atoms with Crippen molar-refractivity contribution in [3.8, 4) is 0 Å². The third-order valence-corrected chi connectivity index (χ3v) is 3.17. The highest BCUT2D eigenvalue weighted by atomic mass is 14.9. The number of benzene rings is 1. The largest absolute Gasteiger partial charge is 0.350 e. The number of nitrogens with zero attached hydrogens (tertiary/aromatic N) is 1. The molecule has 1 heterocycles. The molecule has 0 aliphatic rings. The predicted octanol–water partition coefficient (Wildman–Crippen LogP) is 2.64. The number of hydrogen-bond donors (Lipinski definition) is 1. The van der Waals surface area contributed by atoms with Crippen molar-refractivity contribution < 1.29 is 0 Å². The summed E-state index contributed by atoms with van der Waals surface area (Å²) in [6.07, 6.45) is 4.63. The minimum Gasteiger partial charge on any atom is -0.350 e. The molecular weight excluding hydrogens is 196 g/mol. The van der Waals surface area contributed by atoms with E-state index in [1.807, 2.05) is 7.05 Å². The number of aryl methyl sites for hydroxylation is 3. The van der Waals surface area contributed by atoms with Crippen molar-refractivity contribution in [1.82, 2.24) is 9.88 Å². The molecule has 1 aromatic heterocycles. The highest BCUT2D eigenvalue weighted by Crippen LogP contribution is 2.24. The fourth-order valence-corrected chi connectivity index (χ4v) is 2.38. The van der Waals surface area contributed by atoms with E-state index < -0.39 is 0 Å². The van der Waals surface area contributed by atoms with Gasteiger partial charge in [-0.15, -0.1) is 0 Å². The molecule has 0 radical (unpaired) electrons. The van der Waals surface area contributed by atoms with Gasteiger partial charge in [-0.25, -0.2) is 0 Å². The Morgan fingerprint density at radius 2 is 2.12 bits per heavy atom. The maximum absolute atomic E-state index is 3.20. The quantitative estimate of drug-likeness (QED) is 0.777. The third kappa shape index (κ3) is 1.98. The number of aromatic nitrogens is 1.